The fourth-order valence-corrected chi connectivity index (χ4v) is 2.27. The van der Waals surface area contributed by atoms with Gasteiger partial charge in [-0.1, -0.05) is 35.8 Å². The first kappa shape index (κ1) is 14.4. The summed E-state index contributed by atoms with van der Waals surface area (Å²) in [6, 6.07) is 6.42. The van der Waals surface area contributed by atoms with E-state index in [1.54, 1.807) is 0 Å². The highest BCUT2D eigenvalue weighted by Gasteiger charge is 2.21. The smallest absolute Gasteiger partial charge is 0.226 e. The molecule has 21 heavy (non-hydrogen) atoms. The molecule has 1 aliphatic carbocycles. The van der Waals surface area contributed by atoms with Crippen molar-refractivity contribution in [2.75, 3.05) is 0 Å². The number of nitrogens with zero attached hydrogens (tertiary/aromatic N) is 2. The van der Waals surface area contributed by atoms with E-state index in [9.17, 15) is 0 Å². The van der Waals surface area contributed by atoms with Crippen LogP contribution < -0.4 is 10.1 Å². The predicted molar refractivity (Wildman–Crippen MR) is 79.3 cm³/mol. The Labute approximate surface area is 128 Å². The van der Waals surface area contributed by atoms with Crippen LogP contribution in [0, 0.1) is 0 Å². The number of rotatable bonds is 7. The molecule has 3 rings (SSSR count). The van der Waals surface area contributed by atoms with Crippen LogP contribution in [0.5, 0.6) is 5.75 Å². The topological polar surface area (TPSA) is 60.2 Å². The molecule has 112 valence electrons. The van der Waals surface area contributed by atoms with E-state index in [0.29, 0.717) is 28.5 Å². The summed E-state index contributed by atoms with van der Waals surface area (Å²) in [5.41, 5.74) is 1.05. The minimum absolute atomic E-state index is 0.254. The molecule has 1 N–H and O–H groups in total. The number of aromatic nitrogens is 2. The summed E-state index contributed by atoms with van der Waals surface area (Å²) in [5, 5.41) is 7.94. The SMILES string of the molecule is CCc1nc(COc2c(Cl)cccc2CNC2CC2)no1. The molecule has 1 aromatic carbocycles. The Balaban J connectivity index is 1.67. The van der Waals surface area contributed by atoms with Gasteiger partial charge < -0.3 is 14.6 Å². The Morgan fingerprint density at radius 2 is 2.29 bits per heavy atom. The fraction of sp³-hybridized carbons (Fsp3) is 0.467. The lowest BCUT2D eigenvalue weighted by molar-refractivity contribution is 0.282. The maximum absolute atomic E-state index is 6.24. The molecular weight excluding hydrogens is 290 g/mol. The first-order valence-electron chi connectivity index (χ1n) is 7.21. The van der Waals surface area contributed by atoms with Crippen LogP contribution in [0.15, 0.2) is 22.7 Å². The van der Waals surface area contributed by atoms with Crippen LogP contribution in [0.1, 0.15) is 37.0 Å². The van der Waals surface area contributed by atoms with E-state index in [-0.39, 0.29) is 6.61 Å². The van der Waals surface area contributed by atoms with Gasteiger partial charge in [0.15, 0.2) is 6.61 Å². The lowest BCUT2D eigenvalue weighted by Gasteiger charge is -2.12. The lowest BCUT2D eigenvalue weighted by Crippen LogP contribution is -2.16. The molecule has 1 aromatic heterocycles. The Bertz CT molecular complexity index is 611. The molecule has 5 nitrogen and oxygen atoms in total. The molecule has 0 atom stereocenters. The zero-order valence-corrected chi connectivity index (χ0v) is 12.7. The molecule has 0 unspecified atom stereocenters. The van der Waals surface area contributed by atoms with E-state index in [4.69, 9.17) is 20.9 Å². The second kappa shape index (κ2) is 6.45. The van der Waals surface area contributed by atoms with Gasteiger partial charge in [-0.15, -0.1) is 0 Å². The number of hydrogen-bond donors (Lipinski definition) is 1. The van der Waals surface area contributed by atoms with E-state index in [1.807, 2.05) is 25.1 Å². The van der Waals surface area contributed by atoms with Gasteiger partial charge in [0, 0.05) is 24.6 Å². The number of hydrogen-bond acceptors (Lipinski definition) is 5. The number of halogens is 1. The molecular formula is C15H18ClN3O2. The normalized spacial score (nSPS) is 14.4. The van der Waals surface area contributed by atoms with Gasteiger partial charge in [0.05, 0.1) is 5.02 Å². The molecule has 0 spiro atoms. The van der Waals surface area contributed by atoms with Crippen molar-refractivity contribution in [3.8, 4) is 5.75 Å². The van der Waals surface area contributed by atoms with E-state index < -0.39 is 0 Å². The fourth-order valence-electron chi connectivity index (χ4n) is 2.03. The molecule has 0 saturated heterocycles. The van der Waals surface area contributed by atoms with Crippen molar-refractivity contribution < 1.29 is 9.26 Å². The number of nitrogens with one attached hydrogen (secondary N) is 1. The Hall–Kier alpha value is -1.59. The minimum Gasteiger partial charge on any atom is -0.484 e. The zero-order valence-electron chi connectivity index (χ0n) is 11.9. The maximum atomic E-state index is 6.24. The quantitative estimate of drug-likeness (QED) is 0.851. The van der Waals surface area contributed by atoms with Crippen molar-refractivity contribution in [1.82, 2.24) is 15.5 Å². The van der Waals surface area contributed by atoms with E-state index in [0.717, 1.165) is 18.5 Å². The summed E-state index contributed by atoms with van der Waals surface area (Å²) >= 11 is 6.24. The van der Waals surface area contributed by atoms with Gasteiger partial charge in [-0.3, -0.25) is 0 Å². The van der Waals surface area contributed by atoms with Gasteiger partial charge >= 0.3 is 0 Å². The Kier molecular flexibility index (Phi) is 4.41. The summed E-state index contributed by atoms with van der Waals surface area (Å²) < 4.78 is 10.9. The highest BCUT2D eigenvalue weighted by molar-refractivity contribution is 6.32. The second-order valence-electron chi connectivity index (χ2n) is 5.13. The summed E-state index contributed by atoms with van der Waals surface area (Å²) in [7, 11) is 0. The average Bonchev–Trinajstić information content (AvgIpc) is 3.21. The van der Waals surface area contributed by atoms with Gasteiger partial charge in [-0.2, -0.15) is 4.98 Å². The van der Waals surface area contributed by atoms with Crippen molar-refractivity contribution in [3.05, 3.63) is 40.5 Å². The standard InChI is InChI=1S/C15H18ClN3O2/c1-2-14-18-13(19-21-14)9-20-15-10(4-3-5-12(15)16)8-17-11-6-7-11/h3-5,11,17H,2,6-9H2,1H3. The van der Waals surface area contributed by atoms with Crippen molar-refractivity contribution in [2.45, 2.75) is 45.4 Å². The highest BCUT2D eigenvalue weighted by atomic mass is 35.5. The molecule has 1 saturated carbocycles. The first-order chi connectivity index (χ1) is 10.3. The van der Waals surface area contributed by atoms with E-state index in [1.165, 1.54) is 12.8 Å². The Morgan fingerprint density at radius 1 is 1.43 bits per heavy atom. The van der Waals surface area contributed by atoms with E-state index in [2.05, 4.69) is 15.5 Å². The van der Waals surface area contributed by atoms with Gasteiger partial charge in [0.25, 0.3) is 0 Å². The number of para-hydroxylation sites is 1. The van der Waals surface area contributed by atoms with Crippen molar-refractivity contribution >= 4 is 11.6 Å². The third kappa shape index (κ3) is 3.74. The van der Waals surface area contributed by atoms with E-state index >= 15 is 0 Å². The van der Waals surface area contributed by atoms with Crippen LogP contribution in [0.25, 0.3) is 0 Å². The molecule has 0 radical (unpaired) electrons. The van der Waals surface area contributed by atoms with Crippen molar-refractivity contribution in [1.29, 1.82) is 0 Å². The molecule has 0 aliphatic heterocycles. The van der Waals surface area contributed by atoms with Gasteiger partial charge in [0.1, 0.15) is 5.75 Å². The maximum Gasteiger partial charge on any atom is 0.226 e. The van der Waals surface area contributed by atoms with Crippen molar-refractivity contribution in [2.24, 2.45) is 0 Å². The monoisotopic (exact) mass is 307 g/mol. The average molecular weight is 308 g/mol. The highest BCUT2D eigenvalue weighted by Crippen LogP contribution is 2.30. The second-order valence-corrected chi connectivity index (χ2v) is 5.54. The third-order valence-corrected chi connectivity index (χ3v) is 3.66. The third-order valence-electron chi connectivity index (χ3n) is 3.37. The number of benzene rings is 1. The molecule has 0 amide bonds. The molecule has 0 bridgehead atoms. The number of aryl methyl sites for hydroxylation is 1. The summed E-state index contributed by atoms with van der Waals surface area (Å²) in [6.07, 6.45) is 3.22. The van der Waals surface area contributed by atoms with Crippen LogP contribution in [0.3, 0.4) is 0 Å². The van der Waals surface area contributed by atoms with Crippen LogP contribution >= 0.6 is 11.6 Å². The van der Waals surface area contributed by atoms with Gasteiger partial charge in [-0.25, -0.2) is 0 Å². The summed E-state index contributed by atoms with van der Waals surface area (Å²) in [4.78, 5) is 4.23. The van der Waals surface area contributed by atoms with Gasteiger partial charge in [-0.05, 0) is 18.9 Å². The Morgan fingerprint density at radius 3 is 3.00 bits per heavy atom. The number of ether oxygens (including phenoxy) is 1. The largest absolute Gasteiger partial charge is 0.484 e. The predicted octanol–water partition coefficient (Wildman–Crippen LogP) is 3.12. The van der Waals surface area contributed by atoms with Crippen LogP contribution in [-0.2, 0) is 19.6 Å². The molecule has 1 heterocycles. The van der Waals surface area contributed by atoms with Gasteiger partial charge in [0.2, 0.25) is 11.7 Å². The molecule has 1 aliphatic rings. The van der Waals surface area contributed by atoms with Crippen LogP contribution in [0.2, 0.25) is 5.02 Å². The van der Waals surface area contributed by atoms with Crippen molar-refractivity contribution in [3.63, 3.8) is 0 Å². The van der Waals surface area contributed by atoms with Crippen LogP contribution in [-0.4, -0.2) is 16.2 Å². The summed E-state index contributed by atoms with van der Waals surface area (Å²) in [6.45, 7) is 2.98. The summed E-state index contributed by atoms with van der Waals surface area (Å²) in [5.74, 6) is 1.84. The molecule has 6 heteroatoms. The molecule has 2 aromatic rings. The first-order valence-corrected chi connectivity index (χ1v) is 7.59. The molecule has 1 fully saturated rings. The minimum atomic E-state index is 0.254. The lowest BCUT2D eigenvalue weighted by atomic mass is 10.2. The zero-order chi connectivity index (χ0) is 14.7. The van der Waals surface area contributed by atoms with Crippen LogP contribution in [0.4, 0.5) is 0 Å².